The standard InChI is InChI=1S/C13H18N2O4S/c1-4-20(17,18)15-9-5-6-11-10(7-9)14-12(16)13(2,3)8-19-11/h5-7,15H,4,8H2,1-3H3,(H,14,16). The van der Waals surface area contributed by atoms with E-state index in [0.717, 1.165) is 0 Å². The molecule has 0 bridgehead atoms. The first kappa shape index (κ1) is 14.6. The highest BCUT2D eigenvalue weighted by Crippen LogP contribution is 2.34. The third kappa shape index (κ3) is 3.04. The second-order valence-electron chi connectivity index (χ2n) is 5.34. The molecule has 0 unspecified atom stereocenters. The Morgan fingerprint density at radius 3 is 2.75 bits per heavy atom. The largest absolute Gasteiger partial charge is 0.490 e. The van der Waals surface area contributed by atoms with Crippen LogP contribution in [0.25, 0.3) is 0 Å². The maximum atomic E-state index is 12.0. The van der Waals surface area contributed by atoms with Gasteiger partial charge in [0.2, 0.25) is 15.9 Å². The maximum Gasteiger partial charge on any atom is 0.233 e. The van der Waals surface area contributed by atoms with Gasteiger partial charge >= 0.3 is 0 Å². The number of fused-ring (bicyclic) bond motifs is 1. The van der Waals surface area contributed by atoms with Crippen molar-refractivity contribution in [3.63, 3.8) is 0 Å². The van der Waals surface area contributed by atoms with Crippen LogP contribution in [0.5, 0.6) is 5.75 Å². The van der Waals surface area contributed by atoms with Gasteiger partial charge in [-0.05, 0) is 39.0 Å². The molecule has 1 heterocycles. The summed E-state index contributed by atoms with van der Waals surface area (Å²) in [5.41, 5.74) is 0.230. The summed E-state index contributed by atoms with van der Waals surface area (Å²) in [6.07, 6.45) is 0. The van der Waals surface area contributed by atoms with Gasteiger partial charge in [0.15, 0.2) is 0 Å². The number of nitrogens with one attached hydrogen (secondary N) is 2. The van der Waals surface area contributed by atoms with Gasteiger partial charge in [0.05, 0.1) is 22.5 Å². The molecule has 0 atom stereocenters. The Balaban J connectivity index is 2.31. The molecule has 1 amide bonds. The molecule has 0 saturated carbocycles. The van der Waals surface area contributed by atoms with Crippen molar-refractivity contribution >= 4 is 27.3 Å². The van der Waals surface area contributed by atoms with Crippen LogP contribution in [0.1, 0.15) is 20.8 Å². The lowest BCUT2D eigenvalue weighted by Gasteiger charge is -2.18. The zero-order chi connectivity index (χ0) is 15.0. The van der Waals surface area contributed by atoms with Crippen LogP contribution in [-0.4, -0.2) is 26.7 Å². The second kappa shape index (κ2) is 4.97. The van der Waals surface area contributed by atoms with Crippen LogP contribution in [-0.2, 0) is 14.8 Å². The number of amides is 1. The van der Waals surface area contributed by atoms with Crippen molar-refractivity contribution in [2.75, 3.05) is 22.4 Å². The summed E-state index contributed by atoms with van der Waals surface area (Å²) in [6, 6.07) is 4.81. The van der Waals surface area contributed by atoms with E-state index in [4.69, 9.17) is 4.74 Å². The fourth-order valence-corrected chi connectivity index (χ4v) is 2.31. The first-order valence-electron chi connectivity index (χ1n) is 6.32. The quantitative estimate of drug-likeness (QED) is 0.891. The predicted molar refractivity (Wildman–Crippen MR) is 77.4 cm³/mol. The van der Waals surface area contributed by atoms with Crippen LogP contribution < -0.4 is 14.8 Å². The van der Waals surface area contributed by atoms with Gasteiger partial charge in [0.1, 0.15) is 12.4 Å². The van der Waals surface area contributed by atoms with Crippen molar-refractivity contribution in [3.05, 3.63) is 18.2 Å². The number of ether oxygens (including phenoxy) is 1. The molecular formula is C13H18N2O4S. The van der Waals surface area contributed by atoms with Gasteiger partial charge in [-0.15, -0.1) is 0 Å². The third-order valence-corrected chi connectivity index (χ3v) is 4.39. The molecular weight excluding hydrogens is 280 g/mol. The number of hydrogen-bond acceptors (Lipinski definition) is 4. The molecule has 6 nitrogen and oxygen atoms in total. The first-order chi connectivity index (χ1) is 9.23. The molecule has 1 aliphatic heterocycles. The molecule has 7 heteroatoms. The van der Waals surface area contributed by atoms with E-state index >= 15 is 0 Å². The molecule has 1 aromatic rings. The molecule has 110 valence electrons. The summed E-state index contributed by atoms with van der Waals surface area (Å²) in [5, 5.41) is 2.76. The van der Waals surface area contributed by atoms with E-state index in [2.05, 4.69) is 10.0 Å². The van der Waals surface area contributed by atoms with Gasteiger partial charge in [-0.25, -0.2) is 8.42 Å². The molecule has 20 heavy (non-hydrogen) atoms. The van der Waals surface area contributed by atoms with E-state index in [9.17, 15) is 13.2 Å². The summed E-state index contributed by atoms with van der Waals surface area (Å²) < 4.78 is 31.1. The van der Waals surface area contributed by atoms with Crippen molar-refractivity contribution < 1.29 is 17.9 Å². The smallest absolute Gasteiger partial charge is 0.233 e. The topological polar surface area (TPSA) is 84.5 Å². The van der Waals surface area contributed by atoms with Crippen molar-refractivity contribution in [1.29, 1.82) is 0 Å². The minimum atomic E-state index is -3.35. The highest BCUT2D eigenvalue weighted by molar-refractivity contribution is 7.92. The van der Waals surface area contributed by atoms with Crippen LogP contribution in [0.2, 0.25) is 0 Å². The zero-order valence-corrected chi connectivity index (χ0v) is 12.5. The number of anilines is 2. The van der Waals surface area contributed by atoms with Gasteiger partial charge in [-0.3, -0.25) is 9.52 Å². The highest BCUT2D eigenvalue weighted by Gasteiger charge is 2.32. The lowest BCUT2D eigenvalue weighted by atomic mass is 9.94. The predicted octanol–water partition coefficient (Wildman–Crippen LogP) is 1.81. The number of hydrogen-bond donors (Lipinski definition) is 2. The maximum absolute atomic E-state index is 12.0. The zero-order valence-electron chi connectivity index (χ0n) is 11.7. The third-order valence-electron chi connectivity index (χ3n) is 3.08. The number of benzene rings is 1. The van der Waals surface area contributed by atoms with Crippen molar-refractivity contribution in [2.24, 2.45) is 5.41 Å². The second-order valence-corrected chi connectivity index (χ2v) is 7.35. The summed E-state index contributed by atoms with van der Waals surface area (Å²) in [5.74, 6) is 0.357. The van der Waals surface area contributed by atoms with E-state index in [1.807, 2.05) is 0 Å². The Morgan fingerprint density at radius 2 is 2.10 bits per heavy atom. The molecule has 2 rings (SSSR count). The van der Waals surface area contributed by atoms with Gasteiger partial charge < -0.3 is 10.1 Å². The van der Waals surface area contributed by atoms with Crippen LogP contribution in [0.4, 0.5) is 11.4 Å². The summed E-state index contributed by atoms with van der Waals surface area (Å²) >= 11 is 0. The molecule has 0 saturated heterocycles. The normalized spacial score (nSPS) is 17.4. The van der Waals surface area contributed by atoms with E-state index in [0.29, 0.717) is 17.1 Å². The van der Waals surface area contributed by atoms with Crippen LogP contribution in [0.3, 0.4) is 0 Å². The summed E-state index contributed by atoms with van der Waals surface area (Å²) in [7, 11) is -3.35. The Kier molecular flexibility index (Phi) is 3.64. The molecule has 0 radical (unpaired) electrons. The molecule has 2 N–H and O–H groups in total. The monoisotopic (exact) mass is 298 g/mol. The lowest BCUT2D eigenvalue weighted by Crippen LogP contribution is -2.33. The molecule has 0 spiro atoms. The molecule has 0 aliphatic carbocycles. The average Bonchev–Trinajstić information content (AvgIpc) is 2.47. The fraction of sp³-hybridized carbons (Fsp3) is 0.462. The van der Waals surface area contributed by atoms with E-state index in [1.165, 1.54) is 0 Å². The molecule has 1 aromatic carbocycles. The molecule has 0 aromatic heterocycles. The highest BCUT2D eigenvalue weighted by atomic mass is 32.2. The Hall–Kier alpha value is -1.76. The van der Waals surface area contributed by atoms with Crippen molar-refractivity contribution in [2.45, 2.75) is 20.8 Å². The number of sulfonamides is 1. The Labute approximate surface area is 118 Å². The van der Waals surface area contributed by atoms with Crippen LogP contribution in [0, 0.1) is 5.41 Å². The SMILES string of the molecule is CCS(=O)(=O)Nc1ccc2c(c1)NC(=O)C(C)(C)CO2. The number of rotatable bonds is 3. The first-order valence-corrected chi connectivity index (χ1v) is 7.97. The molecule has 0 fully saturated rings. The van der Waals surface area contributed by atoms with E-state index in [1.54, 1.807) is 39.0 Å². The minimum Gasteiger partial charge on any atom is -0.490 e. The van der Waals surface area contributed by atoms with Gasteiger partial charge in [-0.1, -0.05) is 0 Å². The van der Waals surface area contributed by atoms with Crippen molar-refractivity contribution in [1.82, 2.24) is 0 Å². The fourth-order valence-electron chi connectivity index (χ4n) is 1.68. The summed E-state index contributed by atoms with van der Waals surface area (Å²) in [6.45, 7) is 5.40. The Bertz CT molecular complexity index is 638. The van der Waals surface area contributed by atoms with Crippen LogP contribution >= 0.6 is 0 Å². The van der Waals surface area contributed by atoms with Gasteiger partial charge in [0.25, 0.3) is 0 Å². The number of carbonyl (C=O) groups is 1. The van der Waals surface area contributed by atoms with Gasteiger partial charge in [-0.2, -0.15) is 0 Å². The van der Waals surface area contributed by atoms with Crippen molar-refractivity contribution in [3.8, 4) is 5.75 Å². The summed E-state index contributed by atoms with van der Waals surface area (Å²) in [4.78, 5) is 12.0. The molecule has 1 aliphatic rings. The van der Waals surface area contributed by atoms with E-state index < -0.39 is 15.4 Å². The number of carbonyl (C=O) groups excluding carboxylic acids is 1. The van der Waals surface area contributed by atoms with Crippen LogP contribution in [0.15, 0.2) is 18.2 Å². The van der Waals surface area contributed by atoms with Gasteiger partial charge in [0, 0.05) is 0 Å². The lowest BCUT2D eigenvalue weighted by molar-refractivity contribution is -0.124. The Morgan fingerprint density at radius 1 is 1.40 bits per heavy atom. The average molecular weight is 298 g/mol. The van der Waals surface area contributed by atoms with E-state index in [-0.39, 0.29) is 18.3 Å². The minimum absolute atomic E-state index is 0.0139.